The zero-order valence-electron chi connectivity index (χ0n) is 11.1. The summed E-state index contributed by atoms with van der Waals surface area (Å²) in [5.41, 5.74) is 1.71. The van der Waals surface area contributed by atoms with Gasteiger partial charge in [-0.2, -0.15) is 8.42 Å². The van der Waals surface area contributed by atoms with E-state index in [0.717, 1.165) is 0 Å². The first kappa shape index (κ1) is 13.6. The maximum atomic E-state index is 12.1. The number of aromatic amines is 1. The number of rotatable bonds is 4. The lowest BCUT2D eigenvalue weighted by molar-refractivity contribution is 0.598. The fraction of sp³-hybridized carbons (Fsp3) is 0.308. The summed E-state index contributed by atoms with van der Waals surface area (Å²) in [7, 11) is -3.59. The van der Waals surface area contributed by atoms with E-state index < -0.39 is 10.0 Å². The molecule has 1 heterocycles. The van der Waals surface area contributed by atoms with Crippen LogP contribution < -0.4 is 4.72 Å². The Kier molecular flexibility index (Phi) is 3.61. The molecule has 0 saturated heterocycles. The van der Waals surface area contributed by atoms with Gasteiger partial charge in [-0.15, -0.1) is 0 Å². The number of sulfonamides is 1. The molecule has 0 unspecified atom stereocenters. The van der Waals surface area contributed by atoms with Gasteiger partial charge >= 0.3 is 0 Å². The van der Waals surface area contributed by atoms with Gasteiger partial charge in [0.2, 0.25) is 0 Å². The minimum Gasteiger partial charge on any atom is -0.332 e. The SMILES string of the molecule is Cc1ncc(S(=O)(=O)Nc2ccc(C(C)C)cc2)[nH]1. The second-order valence-corrected chi connectivity index (χ2v) is 6.37. The number of hydrogen-bond acceptors (Lipinski definition) is 3. The number of nitrogens with one attached hydrogen (secondary N) is 2. The van der Waals surface area contributed by atoms with Crippen molar-refractivity contribution in [3.63, 3.8) is 0 Å². The molecule has 0 spiro atoms. The fourth-order valence-corrected chi connectivity index (χ4v) is 2.71. The molecule has 19 heavy (non-hydrogen) atoms. The molecule has 5 nitrogen and oxygen atoms in total. The van der Waals surface area contributed by atoms with Gasteiger partial charge in [-0.05, 0) is 30.5 Å². The van der Waals surface area contributed by atoms with E-state index >= 15 is 0 Å². The number of anilines is 1. The third-order valence-electron chi connectivity index (χ3n) is 2.80. The molecule has 0 aliphatic carbocycles. The average Bonchev–Trinajstić information content (AvgIpc) is 2.77. The first-order chi connectivity index (χ1) is 8.88. The van der Waals surface area contributed by atoms with Crippen molar-refractivity contribution in [1.29, 1.82) is 0 Å². The summed E-state index contributed by atoms with van der Waals surface area (Å²) < 4.78 is 26.6. The van der Waals surface area contributed by atoms with Crippen molar-refractivity contribution in [2.75, 3.05) is 4.72 Å². The second-order valence-electron chi connectivity index (χ2n) is 4.72. The first-order valence-electron chi connectivity index (χ1n) is 6.03. The van der Waals surface area contributed by atoms with E-state index in [2.05, 4.69) is 28.5 Å². The van der Waals surface area contributed by atoms with Gasteiger partial charge in [-0.25, -0.2) is 4.98 Å². The summed E-state index contributed by atoms with van der Waals surface area (Å²) in [4.78, 5) is 6.59. The van der Waals surface area contributed by atoms with Crippen molar-refractivity contribution < 1.29 is 8.42 Å². The van der Waals surface area contributed by atoms with Crippen LogP contribution in [0.5, 0.6) is 0 Å². The van der Waals surface area contributed by atoms with E-state index in [1.807, 2.05) is 12.1 Å². The minimum atomic E-state index is -3.59. The van der Waals surface area contributed by atoms with Gasteiger partial charge in [0.15, 0.2) is 5.03 Å². The Labute approximate surface area is 113 Å². The number of aromatic nitrogens is 2. The normalized spacial score (nSPS) is 11.8. The standard InChI is InChI=1S/C13H17N3O2S/c1-9(2)11-4-6-12(7-5-11)16-19(17,18)13-8-14-10(3)15-13/h4-9,16H,1-3H3,(H,14,15). The number of hydrogen-bond donors (Lipinski definition) is 2. The van der Waals surface area contributed by atoms with Crippen LogP contribution in [-0.4, -0.2) is 18.4 Å². The van der Waals surface area contributed by atoms with Crippen LogP contribution in [0.4, 0.5) is 5.69 Å². The number of benzene rings is 1. The Morgan fingerprint density at radius 3 is 2.32 bits per heavy atom. The fourth-order valence-electron chi connectivity index (χ4n) is 1.68. The molecule has 2 N–H and O–H groups in total. The largest absolute Gasteiger partial charge is 0.332 e. The molecule has 0 fully saturated rings. The highest BCUT2D eigenvalue weighted by molar-refractivity contribution is 7.92. The highest BCUT2D eigenvalue weighted by Crippen LogP contribution is 2.19. The Morgan fingerprint density at radius 2 is 1.84 bits per heavy atom. The predicted octanol–water partition coefficient (Wildman–Crippen LogP) is 2.64. The van der Waals surface area contributed by atoms with Gasteiger partial charge in [-0.3, -0.25) is 4.72 Å². The third-order valence-corrected chi connectivity index (χ3v) is 4.09. The van der Waals surface area contributed by atoms with Gasteiger partial charge in [-0.1, -0.05) is 26.0 Å². The molecule has 102 valence electrons. The third kappa shape index (κ3) is 3.14. The molecule has 6 heteroatoms. The van der Waals surface area contributed by atoms with Gasteiger partial charge < -0.3 is 4.98 Å². The number of imidazole rings is 1. The molecule has 1 aromatic carbocycles. The summed E-state index contributed by atoms with van der Waals surface area (Å²) in [6, 6.07) is 7.35. The van der Waals surface area contributed by atoms with Crippen LogP contribution in [0.25, 0.3) is 0 Å². The molecule has 2 aromatic rings. The van der Waals surface area contributed by atoms with E-state index in [1.165, 1.54) is 11.8 Å². The molecule has 0 saturated carbocycles. The summed E-state index contributed by atoms with van der Waals surface area (Å²) in [6.07, 6.45) is 1.31. The minimum absolute atomic E-state index is 0.0675. The molecule has 0 amide bonds. The monoisotopic (exact) mass is 279 g/mol. The van der Waals surface area contributed by atoms with Crippen LogP contribution in [0.3, 0.4) is 0 Å². The van der Waals surface area contributed by atoms with Gasteiger partial charge in [0.05, 0.1) is 6.20 Å². The number of aryl methyl sites for hydroxylation is 1. The van der Waals surface area contributed by atoms with Crippen LogP contribution in [0, 0.1) is 6.92 Å². The summed E-state index contributed by atoms with van der Waals surface area (Å²) in [5.74, 6) is 0.983. The van der Waals surface area contributed by atoms with Crippen LogP contribution in [0.2, 0.25) is 0 Å². The Hall–Kier alpha value is -1.82. The Balaban J connectivity index is 2.21. The van der Waals surface area contributed by atoms with E-state index in [0.29, 0.717) is 17.4 Å². The van der Waals surface area contributed by atoms with Crippen molar-refractivity contribution in [1.82, 2.24) is 9.97 Å². The lowest BCUT2D eigenvalue weighted by Gasteiger charge is -2.09. The van der Waals surface area contributed by atoms with E-state index in [4.69, 9.17) is 0 Å². The molecule has 0 radical (unpaired) electrons. The van der Waals surface area contributed by atoms with Crippen LogP contribution in [0.1, 0.15) is 31.2 Å². The van der Waals surface area contributed by atoms with Gasteiger partial charge in [0.1, 0.15) is 5.82 Å². The molecule has 1 aromatic heterocycles. The summed E-state index contributed by atoms with van der Waals surface area (Å²) >= 11 is 0. The predicted molar refractivity (Wildman–Crippen MR) is 74.7 cm³/mol. The molecule has 0 aliphatic heterocycles. The average molecular weight is 279 g/mol. The molecular formula is C13H17N3O2S. The zero-order valence-corrected chi connectivity index (χ0v) is 12.0. The highest BCUT2D eigenvalue weighted by atomic mass is 32.2. The molecule has 2 rings (SSSR count). The van der Waals surface area contributed by atoms with Crippen molar-refractivity contribution in [2.24, 2.45) is 0 Å². The maximum Gasteiger partial charge on any atom is 0.278 e. The van der Waals surface area contributed by atoms with Crippen LogP contribution in [-0.2, 0) is 10.0 Å². The molecular weight excluding hydrogens is 262 g/mol. The zero-order chi connectivity index (χ0) is 14.0. The van der Waals surface area contributed by atoms with Crippen molar-refractivity contribution >= 4 is 15.7 Å². The topological polar surface area (TPSA) is 74.8 Å². The van der Waals surface area contributed by atoms with Crippen LogP contribution >= 0.6 is 0 Å². The number of H-pyrrole nitrogens is 1. The second kappa shape index (κ2) is 5.05. The van der Waals surface area contributed by atoms with E-state index in [1.54, 1.807) is 19.1 Å². The van der Waals surface area contributed by atoms with E-state index in [-0.39, 0.29) is 5.03 Å². The molecule has 0 bridgehead atoms. The molecule has 0 atom stereocenters. The lowest BCUT2D eigenvalue weighted by Crippen LogP contribution is -2.13. The van der Waals surface area contributed by atoms with E-state index in [9.17, 15) is 8.42 Å². The first-order valence-corrected chi connectivity index (χ1v) is 7.51. The van der Waals surface area contributed by atoms with Crippen molar-refractivity contribution in [2.45, 2.75) is 31.7 Å². The van der Waals surface area contributed by atoms with Crippen LogP contribution in [0.15, 0.2) is 35.5 Å². The lowest BCUT2D eigenvalue weighted by atomic mass is 10.0. The summed E-state index contributed by atoms with van der Waals surface area (Å²) in [5, 5.41) is 0.0675. The van der Waals surface area contributed by atoms with Crippen molar-refractivity contribution in [3.05, 3.63) is 41.9 Å². The Morgan fingerprint density at radius 1 is 1.21 bits per heavy atom. The van der Waals surface area contributed by atoms with Gasteiger partial charge in [0.25, 0.3) is 10.0 Å². The van der Waals surface area contributed by atoms with Gasteiger partial charge in [0, 0.05) is 5.69 Å². The van der Waals surface area contributed by atoms with Crippen molar-refractivity contribution in [3.8, 4) is 0 Å². The quantitative estimate of drug-likeness (QED) is 0.903. The maximum absolute atomic E-state index is 12.1. The summed E-state index contributed by atoms with van der Waals surface area (Å²) in [6.45, 7) is 5.88. The number of nitrogens with zero attached hydrogens (tertiary/aromatic N) is 1. The molecule has 0 aliphatic rings. The Bertz CT molecular complexity index is 657. The smallest absolute Gasteiger partial charge is 0.278 e. The highest BCUT2D eigenvalue weighted by Gasteiger charge is 2.16.